The maximum atomic E-state index is 13.0. The minimum Gasteiger partial charge on any atom is -0.388 e. The molecule has 19 heavy (non-hydrogen) atoms. The fourth-order valence-electron chi connectivity index (χ4n) is 2.08. The minimum atomic E-state index is -0.825. The van der Waals surface area contributed by atoms with Gasteiger partial charge in [-0.1, -0.05) is 30.3 Å². The van der Waals surface area contributed by atoms with Gasteiger partial charge in [0.15, 0.2) is 0 Å². The summed E-state index contributed by atoms with van der Waals surface area (Å²) < 4.78 is 26.0. The smallest absolute Gasteiger partial charge is 0.126 e. The maximum absolute atomic E-state index is 13.0. The highest BCUT2D eigenvalue weighted by molar-refractivity contribution is 5.20. The van der Waals surface area contributed by atoms with Gasteiger partial charge >= 0.3 is 0 Å². The van der Waals surface area contributed by atoms with Gasteiger partial charge in [0.1, 0.15) is 11.6 Å². The number of halogens is 2. The van der Waals surface area contributed by atoms with Crippen LogP contribution in [0.5, 0.6) is 0 Å². The van der Waals surface area contributed by atoms with E-state index < -0.39 is 17.7 Å². The largest absolute Gasteiger partial charge is 0.388 e. The molecule has 0 spiro atoms. The monoisotopic (exact) mass is 262 g/mol. The average Bonchev–Trinajstić information content (AvgIpc) is 2.38. The van der Waals surface area contributed by atoms with Crippen molar-refractivity contribution in [3.8, 4) is 0 Å². The maximum Gasteiger partial charge on any atom is 0.126 e. The summed E-state index contributed by atoms with van der Waals surface area (Å²) in [6.45, 7) is 0. The molecule has 2 aromatic carbocycles. The highest BCUT2D eigenvalue weighted by Crippen LogP contribution is 2.21. The molecule has 2 rings (SSSR count). The SMILES string of the molecule is OC(CCCc1ccccc1)c1cc(F)cc(F)c1. The van der Waals surface area contributed by atoms with Crippen LogP contribution in [-0.2, 0) is 6.42 Å². The predicted molar refractivity (Wildman–Crippen MR) is 70.7 cm³/mol. The van der Waals surface area contributed by atoms with Crippen LogP contribution in [0.3, 0.4) is 0 Å². The first-order valence-electron chi connectivity index (χ1n) is 6.33. The van der Waals surface area contributed by atoms with Crippen molar-refractivity contribution in [1.29, 1.82) is 0 Å². The van der Waals surface area contributed by atoms with E-state index in [0.29, 0.717) is 12.0 Å². The summed E-state index contributed by atoms with van der Waals surface area (Å²) in [5.74, 6) is -1.31. The summed E-state index contributed by atoms with van der Waals surface area (Å²) in [7, 11) is 0. The number of aliphatic hydroxyl groups excluding tert-OH is 1. The summed E-state index contributed by atoms with van der Waals surface area (Å²) in [6, 6.07) is 13.1. The van der Waals surface area contributed by atoms with Crippen LogP contribution in [0.4, 0.5) is 8.78 Å². The molecule has 0 bridgehead atoms. The first-order chi connectivity index (χ1) is 9.15. The number of benzene rings is 2. The van der Waals surface area contributed by atoms with Crippen molar-refractivity contribution >= 4 is 0 Å². The zero-order valence-corrected chi connectivity index (χ0v) is 10.5. The van der Waals surface area contributed by atoms with Crippen LogP contribution >= 0.6 is 0 Å². The van der Waals surface area contributed by atoms with Gasteiger partial charge in [0, 0.05) is 6.07 Å². The van der Waals surface area contributed by atoms with Crippen LogP contribution in [-0.4, -0.2) is 5.11 Å². The van der Waals surface area contributed by atoms with E-state index in [-0.39, 0.29) is 0 Å². The fourth-order valence-corrected chi connectivity index (χ4v) is 2.08. The summed E-state index contributed by atoms with van der Waals surface area (Å²) in [5.41, 5.74) is 1.49. The molecule has 1 N–H and O–H groups in total. The molecule has 1 atom stereocenters. The van der Waals surface area contributed by atoms with Crippen molar-refractivity contribution in [1.82, 2.24) is 0 Å². The van der Waals surface area contributed by atoms with Gasteiger partial charge in [0.25, 0.3) is 0 Å². The highest BCUT2D eigenvalue weighted by atomic mass is 19.1. The van der Waals surface area contributed by atoms with E-state index in [2.05, 4.69) is 0 Å². The lowest BCUT2D eigenvalue weighted by Crippen LogP contribution is -2.00. The van der Waals surface area contributed by atoms with E-state index in [1.165, 1.54) is 17.7 Å². The molecule has 1 nitrogen and oxygen atoms in total. The second-order valence-corrected chi connectivity index (χ2v) is 4.60. The highest BCUT2D eigenvalue weighted by Gasteiger charge is 2.10. The third kappa shape index (κ3) is 4.14. The molecule has 1 unspecified atom stereocenters. The Labute approximate surface area is 111 Å². The Hall–Kier alpha value is -1.74. The third-order valence-corrected chi connectivity index (χ3v) is 3.06. The second-order valence-electron chi connectivity index (χ2n) is 4.60. The van der Waals surface area contributed by atoms with Gasteiger partial charge in [0.05, 0.1) is 6.10 Å². The van der Waals surface area contributed by atoms with E-state index in [0.717, 1.165) is 18.9 Å². The zero-order chi connectivity index (χ0) is 13.7. The molecule has 0 amide bonds. The standard InChI is InChI=1S/C16H16F2O/c17-14-9-13(10-15(18)11-14)16(19)8-4-7-12-5-2-1-3-6-12/h1-3,5-6,9-11,16,19H,4,7-8H2. The van der Waals surface area contributed by atoms with E-state index in [4.69, 9.17) is 0 Å². The molecule has 0 aliphatic rings. The molecular weight excluding hydrogens is 246 g/mol. The lowest BCUT2D eigenvalue weighted by molar-refractivity contribution is 0.164. The predicted octanol–water partition coefficient (Wildman–Crippen LogP) is 4.02. The van der Waals surface area contributed by atoms with Crippen molar-refractivity contribution in [3.05, 3.63) is 71.3 Å². The van der Waals surface area contributed by atoms with Gasteiger partial charge in [-0.3, -0.25) is 0 Å². The van der Waals surface area contributed by atoms with Crippen LogP contribution in [0.15, 0.2) is 48.5 Å². The lowest BCUT2D eigenvalue weighted by Gasteiger charge is -2.11. The van der Waals surface area contributed by atoms with Crippen molar-refractivity contribution < 1.29 is 13.9 Å². The summed E-state index contributed by atoms with van der Waals surface area (Å²) in [6.07, 6.45) is 1.27. The van der Waals surface area contributed by atoms with Crippen LogP contribution in [0.1, 0.15) is 30.1 Å². The molecule has 0 saturated carbocycles. The van der Waals surface area contributed by atoms with E-state index in [1.54, 1.807) is 0 Å². The normalized spacial score (nSPS) is 12.4. The van der Waals surface area contributed by atoms with Gasteiger partial charge in [-0.05, 0) is 42.5 Å². The van der Waals surface area contributed by atoms with Crippen molar-refractivity contribution in [2.75, 3.05) is 0 Å². The minimum absolute atomic E-state index is 0.297. The molecule has 0 aliphatic heterocycles. The second kappa shape index (κ2) is 6.43. The van der Waals surface area contributed by atoms with Crippen molar-refractivity contribution in [2.45, 2.75) is 25.4 Å². The zero-order valence-electron chi connectivity index (χ0n) is 10.5. The molecular formula is C16H16F2O. The molecule has 0 aromatic heterocycles. The summed E-state index contributed by atoms with van der Waals surface area (Å²) in [4.78, 5) is 0. The molecule has 0 heterocycles. The Morgan fingerprint density at radius 2 is 1.58 bits per heavy atom. The van der Waals surface area contributed by atoms with Crippen molar-refractivity contribution in [3.63, 3.8) is 0 Å². The molecule has 0 saturated heterocycles. The Bertz CT molecular complexity index is 505. The molecule has 0 radical (unpaired) electrons. The van der Waals surface area contributed by atoms with Gasteiger partial charge < -0.3 is 5.11 Å². The van der Waals surface area contributed by atoms with Crippen LogP contribution in [0.25, 0.3) is 0 Å². The molecule has 2 aromatic rings. The van der Waals surface area contributed by atoms with Gasteiger partial charge in [-0.2, -0.15) is 0 Å². The lowest BCUT2D eigenvalue weighted by atomic mass is 10.0. The van der Waals surface area contributed by atoms with Crippen LogP contribution in [0.2, 0.25) is 0 Å². The number of hydrogen-bond acceptors (Lipinski definition) is 1. The van der Waals surface area contributed by atoms with E-state index >= 15 is 0 Å². The molecule has 3 heteroatoms. The number of rotatable bonds is 5. The number of hydrogen-bond donors (Lipinski definition) is 1. The van der Waals surface area contributed by atoms with Gasteiger partial charge in [-0.25, -0.2) is 8.78 Å². The van der Waals surface area contributed by atoms with Crippen molar-refractivity contribution in [2.24, 2.45) is 0 Å². The Morgan fingerprint density at radius 1 is 0.947 bits per heavy atom. The Morgan fingerprint density at radius 3 is 2.21 bits per heavy atom. The average molecular weight is 262 g/mol. The van der Waals surface area contributed by atoms with Gasteiger partial charge in [-0.15, -0.1) is 0 Å². The van der Waals surface area contributed by atoms with E-state index in [9.17, 15) is 13.9 Å². The molecule has 100 valence electrons. The first kappa shape index (κ1) is 13.7. The summed E-state index contributed by atoms with van der Waals surface area (Å²) >= 11 is 0. The van der Waals surface area contributed by atoms with E-state index in [1.807, 2.05) is 30.3 Å². The molecule has 0 aliphatic carbocycles. The number of aryl methyl sites for hydroxylation is 1. The number of aliphatic hydroxyl groups is 1. The van der Waals surface area contributed by atoms with Crippen LogP contribution in [0, 0.1) is 11.6 Å². The fraction of sp³-hybridized carbons (Fsp3) is 0.250. The Kier molecular flexibility index (Phi) is 4.63. The quantitative estimate of drug-likeness (QED) is 0.862. The first-order valence-corrected chi connectivity index (χ1v) is 6.33. The van der Waals surface area contributed by atoms with Crippen LogP contribution < -0.4 is 0 Å². The summed E-state index contributed by atoms with van der Waals surface area (Å²) in [5, 5.41) is 9.91. The Balaban J connectivity index is 1.89. The van der Waals surface area contributed by atoms with Gasteiger partial charge in [0.2, 0.25) is 0 Å². The molecule has 0 fully saturated rings. The topological polar surface area (TPSA) is 20.2 Å². The third-order valence-electron chi connectivity index (χ3n) is 3.06.